The Hall–Kier alpha value is -4.80. The molecule has 3 amide bonds. The molecule has 0 radical (unpaired) electrons. The molecule has 4 aromatic rings. The lowest BCUT2D eigenvalue weighted by atomic mass is 10.1. The molecule has 4 rings (SSSR count). The SMILES string of the molecule is COc1ccc(/C=C(\NC(=O)c2ccccc2)C(=O)Nc2ccc(SCC(=O)Nc3ccc(Cl)cn3)cc2)c(OC)c1. The van der Waals surface area contributed by atoms with Crippen LogP contribution < -0.4 is 25.4 Å². The fourth-order valence-corrected chi connectivity index (χ4v) is 4.46. The first kappa shape index (κ1) is 30.2. The topological polar surface area (TPSA) is 119 Å². The third kappa shape index (κ3) is 8.60. The minimum Gasteiger partial charge on any atom is -0.497 e. The van der Waals surface area contributed by atoms with Crippen LogP contribution >= 0.6 is 23.4 Å². The first-order chi connectivity index (χ1) is 20.3. The molecule has 0 saturated heterocycles. The Balaban J connectivity index is 1.45. The maximum absolute atomic E-state index is 13.4. The van der Waals surface area contributed by atoms with Gasteiger partial charge in [0.25, 0.3) is 11.8 Å². The first-order valence-electron chi connectivity index (χ1n) is 12.6. The number of ether oxygens (including phenoxy) is 2. The lowest BCUT2D eigenvalue weighted by Crippen LogP contribution is -2.30. The Labute approximate surface area is 252 Å². The second-order valence-corrected chi connectivity index (χ2v) is 10.1. The number of rotatable bonds is 11. The van der Waals surface area contributed by atoms with E-state index in [1.54, 1.807) is 92.0 Å². The number of benzene rings is 3. The highest BCUT2D eigenvalue weighted by molar-refractivity contribution is 8.00. The molecule has 0 spiro atoms. The van der Waals surface area contributed by atoms with Gasteiger partial charge in [-0.05, 0) is 66.7 Å². The molecule has 3 aromatic carbocycles. The Morgan fingerprint density at radius 3 is 2.33 bits per heavy atom. The number of nitrogens with zero attached hydrogens (tertiary/aromatic N) is 1. The summed E-state index contributed by atoms with van der Waals surface area (Å²) in [4.78, 5) is 43.4. The first-order valence-corrected chi connectivity index (χ1v) is 14.0. The maximum Gasteiger partial charge on any atom is 0.272 e. The Kier molecular flexibility index (Phi) is 10.6. The van der Waals surface area contributed by atoms with Gasteiger partial charge >= 0.3 is 0 Å². The summed E-state index contributed by atoms with van der Waals surface area (Å²) in [6.07, 6.45) is 2.99. The molecule has 0 aliphatic heterocycles. The molecule has 0 aliphatic rings. The number of aromatic nitrogens is 1. The van der Waals surface area contributed by atoms with E-state index in [1.807, 2.05) is 0 Å². The largest absolute Gasteiger partial charge is 0.497 e. The van der Waals surface area contributed by atoms with Crippen LogP contribution in [0.25, 0.3) is 6.08 Å². The number of methoxy groups -OCH3 is 2. The number of hydrogen-bond acceptors (Lipinski definition) is 7. The van der Waals surface area contributed by atoms with Crippen LogP contribution in [-0.2, 0) is 9.59 Å². The molecule has 1 aromatic heterocycles. The molecule has 214 valence electrons. The third-order valence-electron chi connectivity index (χ3n) is 5.75. The van der Waals surface area contributed by atoms with Gasteiger partial charge in [0.15, 0.2) is 0 Å². The van der Waals surface area contributed by atoms with E-state index in [0.717, 1.165) is 4.90 Å². The van der Waals surface area contributed by atoms with Gasteiger partial charge in [-0.3, -0.25) is 14.4 Å². The molecule has 3 N–H and O–H groups in total. The molecular formula is C31H27ClN4O5S. The smallest absolute Gasteiger partial charge is 0.272 e. The maximum atomic E-state index is 13.4. The zero-order valence-corrected chi connectivity index (χ0v) is 24.3. The number of carbonyl (C=O) groups excluding carboxylic acids is 3. The van der Waals surface area contributed by atoms with Gasteiger partial charge in [0, 0.05) is 34.0 Å². The number of carbonyl (C=O) groups is 3. The summed E-state index contributed by atoms with van der Waals surface area (Å²) in [5, 5.41) is 8.72. The zero-order chi connectivity index (χ0) is 29.9. The van der Waals surface area contributed by atoms with E-state index >= 15 is 0 Å². The summed E-state index contributed by atoms with van der Waals surface area (Å²) in [6.45, 7) is 0. The van der Waals surface area contributed by atoms with Crippen molar-refractivity contribution in [2.45, 2.75) is 4.90 Å². The lowest BCUT2D eigenvalue weighted by molar-refractivity contribution is -0.114. The second kappa shape index (κ2) is 14.7. The van der Waals surface area contributed by atoms with Crippen LogP contribution in [0.4, 0.5) is 11.5 Å². The number of anilines is 2. The van der Waals surface area contributed by atoms with Crippen molar-refractivity contribution in [2.24, 2.45) is 0 Å². The van der Waals surface area contributed by atoms with Crippen molar-refractivity contribution in [3.8, 4) is 11.5 Å². The van der Waals surface area contributed by atoms with Crippen LogP contribution in [0.1, 0.15) is 15.9 Å². The molecule has 0 fully saturated rings. The van der Waals surface area contributed by atoms with Crippen LogP contribution in [0.5, 0.6) is 11.5 Å². The zero-order valence-electron chi connectivity index (χ0n) is 22.7. The number of thioether (sulfide) groups is 1. The molecular weight excluding hydrogens is 576 g/mol. The predicted molar refractivity (Wildman–Crippen MR) is 165 cm³/mol. The molecule has 0 atom stereocenters. The number of pyridine rings is 1. The minimum atomic E-state index is -0.535. The number of amides is 3. The van der Waals surface area contributed by atoms with Crippen LogP contribution in [0, 0.1) is 0 Å². The van der Waals surface area contributed by atoms with Crippen molar-refractivity contribution >= 4 is 58.7 Å². The highest BCUT2D eigenvalue weighted by Crippen LogP contribution is 2.27. The van der Waals surface area contributed by atoms with Gasteiger partial charge in [-0.1, -0.05) is 29.8 Å². The summed E-state index contributed by atoms with van der Waals surface area (Å²) in [5.74, 6) is 0.434. The fraction of sp³-hybridized carbons (Fsp3) is 0.0968. The van der Waals surface area contributed by atoms with Gasteiger partial charge in [0.05, 0.1) is 25.0 Å². The molecule has 1 heterocycles. The standard InChI is InChI=1S/C31H27ClN4O5S/c1-40-24-12-8-21(27(17-24)41-2)16-26(35-30(38)20-6-4-3-5-7-20)31(39)34-23-10-13-25(14-11-23)42-19-29(37)36-28-15-9-22(32)18-33-28/h3-18H,19H2,1-2H3,(H,34,39)(H,35,38)(H,33,36,37)/b26-16-. The average Bonchev–Trinajstić information content (AvgIpc) is 3.02. The van der Waals surface area contributed by atoms with Crippen LogP contribution in [-0.4, -0.2) is 42.7 Å². The van der Waals surface area contributed by atoms with Gasteiger partial charge < -0.3 is 25.4 Å². The van der Waals surface area contributed by atoms with Gasteiger partial charge in [0.2, 0.25) is 5.91 Å². The van der Waals surface area contributed by atoms with E-state index in [9.17, 15) is 14.4 Å². The van der Waals surface area contributed by atoms with Crippen LogP contribution in [0.2, 0.25) is 5.02 Å². The predicted octanol–water partition coefficient (Wildman–Crippen LogP) is 5.89. The number of nitrogens with one attached hydrogen (secondary N) is 3. The van der Waals surface area contributed by atoms with E-state index in [2.05, 4.69) is 20.9 Å². The molecule has 0 saturated carbocycles. The minimum absolute atomic E-state index is 0.0123. The van der Waals surface area contributed by atoms with Crippen LogP contribution in [0.15, 0.2) is 102 Å². The quantitative estimate of drug-likeness (QED) is 0.145. The molecule has 11 heteroatoms. The molecule has 42 heavy (non-hydrogen) atoms. The van der Waals surface area contributed by atoms with Gasteiger partial charge in [-0.25, -0.2) is 4.98 Å². The molecule has 0 aliphatic carbocycles. The monoisotopic (exact) mass is 602 g/mol. The Bertz CT molecular complexity index is 1580. The van der Waals surface area contributed by atoms with E-state index in [4.69, 9.17) is 21.1 Å². The third-order valence-corrected chi connectivity index (χ3v) is 6.98. The summed E-state index contributed by atoms with van der Waals surface area (Å²) in [5.41, 5.74) is 1.48. The number of hydrogen-bond donors (Lipinski definition) is 3. The Morgan fingerprint density at radius 2 is 1.67 bits per heavy atom. The van der Waals surface area contributed by atoms with E-state index in [-0.39, 0.29) is 17.4 Å². The highest BCUT2D eigenvalue weighted by Gasteiger charge is 2.17. The van der Waals surface area contributed by atoms with Gasteiger partial charge in [-0.2, -0.15) is 0 Å². The summed E-state index contributed by atoms with van der Waals surface area (Å²) < 4.78 is 10.7. The van der Waals surface area contributed by atoms with Crippen molar-refractivity contribution in [1.29, 1.82) is 0 Å². The normalized spacial score (nSPS) is 10.9. The van der Waals surface area contributed by atoms with E-state index in [0.29, 0.717) is 39.2 Å². The summed E-state index contributed by atoms with van der Waals surface area (Å²) in [7, 11) is 3.05. The van der Waals surface area contributed by atoms with Crippen molar-refractivity contribution < 1.29 is 23.9 Å². The van der Waals surface area contributed by atoms with Crippen molar-refractivity contribution in [3.63, 3.8) is 0 Å². The van der Waals surface area contributed by atoms with Crippen molar-refractivity contribution in [1.82, 2.24) is 10.3 Å². The van der Waals surface area contributed by atoms with Crippen molar-refractivity contribution in [2.75, 3.05) is 30.6 Å². The summed E-state index contributed by atoms with van der Waals surface area (Å²) >= 11 is 7.15. The van der Waals surface area contributed by atoms with Crippen LogP contribution in [0.3, 0.4) is 0 Å². The number of halogens is 1. The molecule has 0 unspecified atom stereocenters. The Morgan fingerprint density at radius 1 is 0.905 bits per heavy atom. The second-order valence-electron chi connectivity index (χ2n) is 8.66. The average molecular weight is 603 g/mol. The lowest BCUT2D eigenvalue weighted by Gasteiger charge is -2.13. The molecule has 0 bridgehead atoms. The highest BCUT2D eigenvalue weighted by atomic mass is 35.5. The molecule has 9 nitrogen and oxygen atoms in total. The van der Waals surface area contributed by atoms with Crippen molar-refractivity contribution in [3.05, 3.63) is 113 Å². The van der Waals surface area contributed by atoms with E-state index < -0.39 is 11.8 Å². The van der Waals surface area contributed by atoms with Gasteiger partial charge in [0.1, 0.15) is 23.0 Å². The van der Waals surface area contributed by atoms with E-state index in [1.165, 1.54) is 31.1 Å². The van der Waals surface area contributed by atoms with Gasteiger partial charge in [-0.15, -0.1) is 11.8 Å². The fourth-order valence-electron chi connectivity index (χ4n) is 3.65. The summed E-state index contributed by atoms with van der Waals surface area (Å²) in [6, 6.07) is 24.0.